The van der Waals surface area contributed by atoms with Gasteiger partial charge in [0, 0.05) is 6.54 Å². The van der Waals surface area contributed by atoms with E-state index in [0.717, 1.165) is 12.8 Å². The number of amides is 3. The van der Waals surface area contributed by atoms with Crippen molar-refractivity contribution in [2.75, 3.05) is 11.9 Å². The van der Waals surface area contributed by atoms with E-state index in [1.807, 2.05) is 0 Å². The van der Waals surface area contributed by atoms with Gasteiger partial charge in [0.1, 0.15) is 10.9 Å². The normalized spacial score (nSPS) is 19.6. The van der Waals surface area contributed by atoms with Crippen LogP contribution in [0, 0.1) is 0 Å². The topological polar surface area (TPSA) is 83.1 Å². The lowest BCUT2D eigenvalue weighted by Gasteiger charge is -2.14. The quantitative estimate of drug-likeness (QED) is 0.778. The number of anilines is 1. The molecule has 21 heavy (non-hydrogen) atoms. The van der Waals surface area contributed by atoms with Crippen LogP contribution in [0.5, 0.6) is 0 Å². The molecule has 1 fully saturated rings. The van der Waals surface area contributed by atoms with E-state index < -0.39 is 23.1 Å². The number of halogens is 3. The van der Waals surface area contributed by atoms with Crippen molar-refractivity contribution in [1.29, 1.82) is 0 Å². The predicted molar refractivity (Wildman–Crippen MR) is 69.9 cm³/mol. The average Bonchev–Trinajstić information content (AvgIpc) is 2.76. The number of carbonyl (C=O) groups excluding carboxylic acids is 2. The van der Waals surface area contributed by atoms with Crippen LogP contribution >= 0.6 is 11.3 Å². The van der Waals surface area contributed by atoms with E-state index in [1.54, 1.807) is 0 Å². The molecule has 1 saturated heterocycles. The van der Waals surface area contributed by atoms with Gasteiger partial charge in [-0.25, -0.2) is 9.78 Å². The van der Waals surface area contributed by atoms with Crippen molar-refractivity contribution in [1.82, 2.24) is 15.6 Å². The predicted octanol–water partition coefficient (Wildman–Crippen LogP) is 1.95. The number of hydrogen-bond donors (Lipinski definition) is 3. The van der Waals surface area contributed by atoms with E-state index >= 15 is 0 Å². The van der Waals surface area contributed by atoms with Gasteiger partial charge < -0.3 is 10.6 Å². The first-order valence-corrected chi connectivity index (χ1v) is 7.06. The Bertz CT molecular complexity index is 532. The molecule has 0 aromatic carbocycles. The standard InChI is InChI=1S/C11H13F3N4O2S/c12-11(13,14)7-5-16-10(21-7)18-9(20)17-6-3-1-2-4-15-8(6)19/h5-6H,1-4H2,(H,15,19)(H2,16,17,18,20). The van der Waals surface area contributed by atoms with Crippen LogP contribution in [0.2, 0.25) is 0 Å². The maximum atomic E-state index is 12.4. The Hall–Kier alpha value is -1.84. The number of carbonyl (C=O) groups is 2. The summed E-state index contributed by atoms with van der Waals surface area (Å²) >= 11 is 0.326. The molecule has 1 aromatic rings. The average molecular weight is 322 g/mol. The first-order chi connectivity index (χ1) is 9.86. The molecule has 1 aliphatic rings. The summed E-state index contributed by atoms with van der Waals surface area (Å²) in [5.41, 5.74) is 0. The Labute approximate surface area is 122 Å². The molecular formula is C11H13F3N4O2S. The summed E-state index contributed by atoms with van der Waals surface area (Å²) in [6.07, 6.45) is -1.75. The van der Waals surface area contributed by atoms with Gasteiger partial charge in [-0.3, -0.25) is 10.1 Å². The van der Waals surface area contributed by atoms with E-state index in [4.69, 9.17) is 0 Å². The lowest BCUT2D eigenvalue weighted by molar-refractivity contribution is -0.134. The summed E-state index contributed by atoms with van der Waals surface area (Å²) in [7, 11) is 0. The molecule has 6 nitrogen and oxygen atoms in total. The zero-order chi connectivity index (χ0) is 15.5. The molecule has 3 amide bonds. The second kappa shape index (κ2) is 6.29. The van der Waals surface area contributed by atoms with Gasteiger partial charge >= 0.3 is 12.2 Å². The second-order valence-electron chi connectivity index (χ2n) is 4.47. The van der Waals surface area contributed by atoms with Crippen LogP contribution in [0.25, 0.3) is 0 Å². The van der Waals surface area contributed by atoms with Crippen LogP contribution in [0.1, 0.15) is 24.1 Å². The summed E-state index contributed by atoms with van der Waals surface area (Å²) in [6, 6.07) is -1.44. The van der Waals surface area contributed by atoms with Gasteiger partial charge in [-0.2, -0.15) is 13.2 Å². The fourth-order valence-electron chi connectivity index (χ4n) is 1.83. The second-order valence-corrected chi connectivity index (χ2v) is 5.50. The van der Waals surface area contributed by atoms with Crippen molar-refractivity contribution in [3.05, 3.63) is 11.1 Å². The maximum absolute atomic E-state index is 12.4. The van der Waals surface area contributed by atoms with Crippen LogP contribution < -0.4 is 16.0 Å². The molecule has 10 heteroatoms. The Balaban J connectivity index is 1.92. The highest BCUT2D eigenvalue weighted by Crippen LogP contribution is 2.34. The third-order valence-corrected chi connectivity index (χ3v) is 3.80. The van der Waals surface area contributed by atoms with Crippen molar-refractivity contribution in [3.63, 3.8) is 0 Å². The van der Waals surface area contributed by atoms with Crippen LogP contribution in [0.15, 0.2) is 6.20 Å². The minimum absolute atomic E-state index is 0.172. The molecule has 0 spiro atoms. The fourth-order valence-corrected chi connectivity index (χ4v) is 2.51. The highest BCUT2D eigenvalue weighted by atomic mass is 32.1. The molecule has 0 saturated carbocycles. The zero-order valence-electron chi connectivity index (χ0n) is 10.8. The summed E-state index contributed by atoms with van der Waals surface area (Å²) in [5, 5.41) is 7.10. The first-order valence-electron chi connectivity index (χ1n) is 6.24. The van der Waals surface area contributed by atoms with Crippen LogP contribution in [-0.4, -0.2) is 29.5 Å². The van der Waals surface area contributed by atoms with Gasteiger partial charge in [0.05, 0.1) is 6.20 Å². The molecule has 116 valence electrons. The molecule has 1 unspecified atom stereocenters. The van der Waals surface area contributed by atoms with E-state index in [2.05, 4.69) is 20.9 Å². The summed E-state index contributed by atoms with van der Waals surface area (Å²) < 4.78 is 37.2. The van der Waals surface area contributed by atoms with Crippen LogP contribution in [0.4, 0.5) is 23.1 Å². The Morgan fingerprint density at radius 3 is 2.86 bits per heavy atom. The summed E-state index contributed by atoms with van der Waals surface area (Å²) in [5.74, 6) is -0.294. The number of nitrogens with one attached hydrogen (secondary N) is 3. The third-order valence-electron chi connectivity index (χ3n) is 2.85. The first kappa shape index (κ1) is 15.5. The SMILES string of the molecule is O=C(Nc1ncc(C(F)(F)F)s1)NC1CCCCNC1=O. The van der Waals surface area contributed by atoms with E-state index in [9.17, 15) is 22.8 Å². The number of hydrogen-bond acceptors (Lipinski definition) is 4. The number of rotatable bonds is 2. The highest BCUT2D eigenvalue weighted by molar-refractivity contribution is 7.15. The molecule has 1 atom stereocenters. The fraction of sp³-hybridized carbons (Fsp3) is 0.545. The maximum Gasteiger partial charge on any atom is 0.427 e. The summed E-state index contributed by atoms with van der Waals surface area (Å²) in [6.45, 7) is 0.556. The molecular weight excluding hydrogens is 309 g/mol. The van der Waals surface area contributed by atoms with Gasteiger partial charge in [-0.15, -0.1) is 0 Å². The molecule has 1 aliphatic heterocycles. The van der Waals surface area contributed by atoms with Gasteiger partial charge in [0.15, 0.2) is 5.13 Å². The van der Waals surface area contributed by atoms with Gasteiger partial charge in [0.25, 0.3) is 0 Å². The smallest absolute Gasteiger partial charge is 0.354 e. The van der Waals surface area contributed by atoms with Gasteiger partial charge in [-0.05, 0) is 19.3 Å². The zero-order valence-corrected chi connectivity index (χ0v) is 11.6. The molecule has 2 heterocycles. The summed E-state index contributed by atoms with van der Waals surface area (Å²) in [4.78, 5) is 25.9. The van der Waals surface area contributed by atoms with Crippen LogP contribution in [-0.2, 0) is 11.0 Å². The van der Waals surface area contributed by atoms with E-state index in [-0.39, 0.29) is 11.0 Å². The molecule has 3 N–H and O–H groups in total. The van der Waals surface area contributed by atoms with E-state index in [1.165, 1.54) is 0 Å². The Morgan fingerprint density at radius 1 is 1.43 bits per heavy atom. The number of urea groups is 1. The number of thiazole rings is 1. The minimum Gasteiger partial charge on any atom is -0.354 e. The van der Waals surface area contributed by atoms with Crippen molar-refractivity contribution < 1.29 is 22.8 Å². The molecule has 0 radical (unpaired) electrons. The monoisotopic (exact) mass is 322 g/mol. The Kier molecular flexibility index (Phi) is 4.66. The van der Waals surface area contributed by atoms with Crippen molar-refractivity contribution in [2.45, 2.75) is 31.5 Å². The lowest BCUT2D eigenvalue weighted by atomic mass is 10.1. The molecule has 0 aliphatic carbocycles. The molecule has 1 aromatic heterocycles. The molecule has 2 rings (SSSR count). The largest absolute Gasteiger partial charge is 0.427 e. The Morgan fingerprint density at radius 2 is 2.19 bits per heavy atom. The minimum atomic E-state index is -4.49. The van der Waals surface area contributed by atoms with E-state index in [0.29, 0.717) is 30.5 Å². The number of alkyl halides is 3. The number of nitrogens with zero attached hydrogens (tertiary/aromatic N) is 1. The lowest BCUT2D eigenvalue weighted by Crippen LogP contribution is -2.46. The molecule has 0 bridgehead atoms. The van der Waals surface area contributed by atoms with Crippen LogP contribution in [0.3, 0.4) is 0 Å². The third kappa shape index (κ3) is 4.31. The van der Waals surface area contributed by atoms with Crippen molar-refractivity contribution >= 4 is 28.4 Å². The van der Waals surface area contributed by atoms with Gasteiger partial charge in [0.2, 0.25) is 5.91 Å². The van der Waals surface area contributed by atoms with Crippen molar-refractivity contribution in [2.24, 2.45) is 0 Å². The van der Waals surface area contributed by atoms with Gasteiger partial charge in [-0.1, -0.05) is 11.3 Å². The number of aromatic nitrogens is 1. The highest BCUT2D eigenvalue weighted by Gasteiger charge is 2.33. The van der Waals surface area contributed by atoms with Crippen molar-refractivity contribution in [3.8, 4) is 0 Å².